The van der Waals surface area contributed by atoms with E-state index in [1.54, 1.807) is 0 Å². The van der Waals surface area contributed by atoms with Gasteiger partial charge < -0.3 is 20.9 Å². The Morgan fingerprint density at radius 3 is 2.19 bits per heavy atom. The van der Waals surface area contributed by atoms with Crippen molar-refractivity contribution in [3.63, 3.8) is 0 Å². The summed E-state index contributed by atoms with van der Waals surface area (Å²) in [6, 6.07) is 28.1. The topological polar surface area (TPSA) is 70.5 Å². The molecule has 1 aliphatic carbocycles. The van der Waals surface area contributed by atoms with Gasteiger partial charge in [0.15, 0.2) is 0 Å². The van der Waals surface area contributed by atoms with Crippen LogP contribution in [0.3, 0.4) is 0 Å². The van der Waals surface area contributed by atoms with Crippen molar-refractivity contribution in [3.05, 3.63) is 90.5 Å². The minimum atomic E-state index is 0.0911. The normalized spacial score (nSPS) is 18.4. The number of nitrogen functional groups attached to an aromatic ring is 2. The fourth-order valence-corrected chi connectivity index (χ4v) is 4.71. The largest absolute Gasteiger partial charge is 0.488 e. The SMILES string of the molecule is Nc1ccccc1Oc1ccc2cccc(C3CCCCC3Oc3ccccc3N)c2c1. The van der Waals surface area contributed by atoms with Gasteiger partial charge in [-0.15, -0.1) is 0 Å². The molecule has 0 amide bonds. The highest BCUT2D eigenvalue weighted by Crippen LogP contribution is 2.40. The van der Waals surface area contributed by atoms with Gasteiger partial charge in [0.25, 0.3) is 0 Å². The predicted molar refractivity (Wildman–Crippen MR) is 131 cm³/mol. The number of para-hydroxylation sites is 4. The van der Waals surface area contributed by atoms with Gasteiger partial charge in [0.1, 0.15) is 23.4 Å². The van der Waals surface area contributed by atoms with Crippen LogP contribution >= 0.6 is 0 Å². The van der Waals surface area contributed by atoms with Crippen LogP contribution in [-0.4, -0.2) is 6.10 Å². The molecule has 0 aliphatic heterocycles. The standard InChI is InChI=1S/C28H28N2O2/c29-24-11-2-5-14-27(24)31-20-17-16-19-8-7-10-21(23(19)18-20)22-9-1-4-13-26(22)32-28-15-6-3-12-25(28)30/h2-3,5-8,10-12,14-18,22,26H,1,4,9,13,29-30H2. The molecule has 0 saturated heterocycles. The molecule has 5 rings (SSSR count). The van der Waals surface area contributed by atoms with Crippen molar-refractivity contribution in [2.45, 2.75) is 37.7 Å². The number of anilines is 2. The molecule has 4 nitrogen and oxygen atoms in total. The molecule has 0 radical (unpaired) electrons. The van der Waals surface area contributed by atoms with Crippen LogP contribution in [0.1, 0.15) is 37.2 Å². The molecule has 0 spiro atoms. The van der Waals surface area contributed by atoms with Crippen molar-refractivity contribution in [3.8, 4) is 17.2 Å². The monoisotopic (exact) mass is 424 g/mol. The minimum Gasteiger partial charge on any atom is -0.488 e. The van der Waals surface area contributed by atoms with E-state index in [0.29, 0.717) is 23.0 Å². The average molecular weight is 425 g/mol. The van der Waals surface area contributed by atoms with E-state index in [2.05, 4.69) is 30.3 Å². The van der Waals surface area contributed by atoms with Gasteiger partial charge in [-0.2, -0.15) is 0 Å². The molecule has 2 unspecified atom stereocenters. The molecule has 4 N–H and O–H groups in total. The molecule has 0 bridgehead atoms. The van der Waals surface area contributed by atoms with E-state index in [0.717, 1.165) is 24.3 Å². The van der Waals surface area contributed by atoms with Crippen molar-refractivity contribution >= 4 is 22.1 Å². The molecule has 4 aromatic carbocycles. The lowest BCUT2D eigenvalue weighted by molar-refractivity contribution is 0.131. The van der Waals surface area contributed by atoms with Gasteiger partial charge >= 0.3 is 0 Å². The summed E-state index contributed by atoms with van der Waals surface area (Å²) in [7, 11) is 0. The minimum absolute atomic E-state index is 0.0911. The van der Waals surface area contributed by atoms with Crippen molar-refractivity contribution in [1.29, 1.82) is 0 Å². The average Bonchev–Trinajstić information content (AvgIpc) is 2.82. The second kappa shape index (κ2) is 8.83. The number of rotatable bonds is 5. The molecule has 2 atom stereocenters. The number of fused-ring (bicyclic) bond motifs is 1. The summed E-state index contributed by atoms with van der Waals surface area (Å²) in [6.45, 7) is 0. The van der Waals surface area contributed by atoms with E-state index in [1.807, 2.05) is 54.6 Å². The van der Waals surface area contributed by atoms with E-state index in [1.165, 1.54) is 29.2 Å². The summed E-state index contributed by atoms with van der Waals surface area (Å²) in [6.07, 6.45) is 4.56. The third-order valence-corrected chi connectivity index (χ3v) is 6.33. The summed E-state index contributed by atoms with van der Waals surface area (Å²) in [5.74, 6) is 2.52. The molecule has 0 heterocycles. The molecule has 1 aliphatic rings. The van der Waals surface area contributed by atoms with Crippen LogP contribution in [0.2, 0.25) is 0 Å². The smallest absolute Gasteiger partial charge is 0.150 e. The first-order chi connectivity index (χ1) is 15.7. The Hall–Kier alpha value is -3.66. The Kier molecular flexibility index (Phi) is 5.59. The lowest BCUT2D eigenvalue weighted by Crippen LogP contribution is -2.29. The molecule has 0 aromatic heterocycles. The molecule has 4 aromatic rings. The van der Waals surface area contributed by atoms with Crippen LogP contribution in [0.4, 0.5) is 11.4 Å². The zero-order valence-electron chi connectivity index (χ0n) is 18.0. The maximum Gasteiger partial charge on any atom is 0.150 e. The maximum atomic E-state index is 6.47. The van der Waals surface area contributed by atoms with Gasteiger partial charge in [-0.3, -0.25) is 0 Å². The Balaban J connectivity index is 1.50. The third kappa shape index (κ3) is 4.09. The molecule has 4 heteroatoms. The molecular weight excluding hydrogens is 396 g/mol. The Labute approximate surface area is 188 Å². The lowest BCUT2D eigenvalue weighted by Gasteiger charge is -2.33. The first-order valence-corrected chi connectivity index (χ1v) is 11.3. The molecular formula is C28H28N2O2. The summed E-state index contributed by atoms with van der Waals surface area (Å²) in [4.78, 5) is 0. The summed E-state index contributed by atoms with van der Waals surface area (Å²) in [5.41, 5.74) is 14.9. The van der Waals surface area contributed by atoms with E-state index in [4.69, 9.17) is 20.9 Å². The van der Waals surface area contributed by atoms with Gasteiger partial charge in [-0.1, -0.05) is 55.0 Å². The molecule has 162 valence electrons. The maximum absolute atomic E-state index is 6.47. The Morgan fingerprint density at radius 2 is 1.41 bits per heavy atom. The van der Waals surface area contributed by atoms with Gasteiger partial charge in [0, 0.05) is 5.92 Å². The highest BCUT2D eigenvalue weighted by atomic mass is 16.5. The second-order valence-electron chi connectivity index (χ2n) is 8.46. The highest BCUT2D eigenvalue weighted by molar-refractivity contribution is 5.87. The van der Waals surface area contributed by atoms with Crippen molar-refractivity contribution in [1.82, 2.24) is 0 Å². The van der Waals surface area contributed by atoms with Gasteiger partial charge in [0.2, 0.25) is 0 Å². The lowest BCUT2D eigenvalue weighted by atomic mass is 9.79. The number of hydrogen-bond donors (Lipinski definition) is 2. The van der Waals surface area contributed by atoms with E-state index in [9.17, 15) is 0 Å². The molecule has 1 saturated carbocycles. The summed E-state index contributed by atoms with van der Waals surface area (Å²) >= 11 is 0. The van der Waals surface area contributed by atoms with Crippen molar-refractivity contribution < 1.29 is 9.47 Å². The van der Waals surface area contributed by atoms with E-state index < -0.39 is 0 Å². The number of nitrogens with two attached hydrogens (primary N) is 2. The predicted octanol–water partition coefficient (Wildman–Crippen LogP) is 6.90. The van der Waals surface area contributed by atoms with Crippen molar-refractivity contribution in [2.75, 3.05) is 11.5 Å². The third-order valence-electron chi connectivity index (χ3n) is 6.33. The van der Waals surface area contributed by atoms with Crippen LogP contribution in [0.15, 0.2) is 84.9 Å². The van der Waals surface area contributed by atoms with Crippen LogP contribution in [0.5, 0.6) is 17.2 Å². The first-order valence-electron chi connectivity index (χ1n) is 11.3. The summed E-state index contributed by atoms with van der Waals surface area (Å²) < 4.78 is 12.6. The van der Waals surface area contributed by atoms with Crippen LogP contribution < -0.4 is 20.9 Å². The first kappa shape index (κ1) is 20.3. The van der Waals surface area contributed by atoms with Gasteiger partial charge in [-0.25, -0.2) is 0 Å². The molecule has 1 fully saturated rings. The van der Waals surface area contributed by atoms with Crippen LogP contribution in [-0.2, 0) is 0 Å². The van der Waals surface area contributed by atoms with E-state index >= 15 is 0 Å². The fraction of sp³-hybridized carbons (Fsp3) is 0.214. The molecule has 32 heavy (non-hydrogen) atoms. The number of ether oxygens (including phenoxy) is 2. The summed E-state index contributed by atoms with van der Waals surface area (Å²) in [5, 5.41) is 2.39. The number of benzene rings is 4. The zero-order valence-corrected chi connectivity index (χ0v) is 18.0. The second-order valence-corrected chi connectivity index (χ2v) is 8.46. The van der Waals surface area contributed by atoms with Crippen LogP contribution in [0.25, 0.3) is 10.8 Å². The highest BCUT2D eigenvalue weighted by Gasteiger charge is 2.30. The Bertz CT molecular complexity index is 1240. The zero-order chi connectivity index (χ0) is 21.9. The fourth-order valence-electron chi connectivity index (χ4n) is 4.71. The van der Waals surface area contributed by atoms with Crippen molar-refractivity contribution in [2.24, 2.45) is 0 Å². The van der Waals surface area contributed by atoms with E-state index in [-0.39, 0.29) is 6.10 Å². The quantitative estimate of drug-likeness (QED) is 0.342. The van der Waals surface area contributed by atoms with Crippen LogP contribution in [0, 0.1) is 0 Å². The van der Waals surface area contributed by atoms with Gasteiger partial charge in [-0.05, 0) is 72.0 Å². The number of hydrogen-bond acceptors (Lipinski definition) is 4. The van der Waals surface area contributed by atoms with Gasteiger partial charge in [0.05, 0.1) is 11.4 Å². The Morgan fingerprint density at radius 1 is 0.688 bits per heavy atom.